The second-order valence-electron chi connectivity index (χ2n) is 5.22. The van der Waals surface area contributed by atoms with E-state index in [2.05, 4.69) is 10.6 Å². The molecule has 1 aromatic rings. The van der Waals surface area contributed by atoms with Gasteiger partial charge in [-0.1, -0.05) is 18.9 Å². The van der Waals surface area contributed by atoms with Gasteiger partial charge in [0.25, 0.3) is 5.91 Å². The van der Waals surface area contributed by atoms with Crippen molar-refractivity contribution < 1.29 is 9.59 Å². The van der Waals surface area contributed by atoms with E-state index in [-0.39, 0.29) is 23.9 Å². The highest BCUT2D eigenvalue weighted by atomic mass is 35.5. The molecule has 1 saturated carbocycles. The van der Waals surface area contributed by atoms with Gasteiger partial charge < -0.3 is 22.1 Å². The zero-order valence-electron chi connectivity index (χ0n) is 11.7. The van der Waals surface area contributed by atoms with Crippen LogP contribution in [-0.4, -0.2) is 24.0 Å². The first-order valence-electron chi connectivity index (χ1n) is 6.74. The van der Waals surface area contributed by atoms with E-state index in [0.717, 1.165) is 25.7 Å². The molecule has 0 saturated heterocycles. The fraction of sp³-hybridized carbons (Fsp3) is 0.429. The van der Waals surface area contributed by atoms with Crippen LogP contribution < -0.4 is 22.1 Å². The fourth-order valence-corrected chi connectivity index (χ4v) is 2.63. The molecular weight excluding hydrogens is 292 g/mol. The van der Waals surface area contributed by atoms with E-state index in [0.29, 0.717) is 17.8 Å². The molecule has 0 atom stereocenters. The van der Waals surface area contributed by atoms with Crippen molar-refractivity contribution in [1.29, 1.82) is 0 Å². The first kappa shape index (κ1) is 17.3. The SMILES string of the molecule is Cl.NCC1(NC(=O)c2cccc(NC(N)=O)c2)CCCC1. The lowest BCUT2D eigenvalue weighted by Gasteiger charge is -2.28. The van der Waals surface area contributed by atoms with Gasteiger partial charge in [-0.15, -0.1) is 12.4 Å². The van der Waals surface area contributed by atoms with E-state index in [9.17, 15) is 9.59 Å². The molecule has 0 spiro atoms. The third-order valence-corrected chi connectivity index (χ3v) is 3.72. The largest absolute Gasteiger partial charge is 0.351 e. The van der Waals surface area contributed by atoms with E-state index in [1.54, 1.807) is 24.3 Å². The van der Waals surface area contributed by atoms with Gasteiger partial charge in [0, 0.05) is 17.8 Å². The number of primary amides is 1. The van der Waals surface area contributed by atoms with Crippen molar-refractivity contribution in [1.82, 2.24) is 5.32 Å². The number of amides is 3. The van der Waals surface area contributed by atoms with Gasteiger partial charge in [0.2, 0.25) is 0 Å². The number of hydrogen-bond donors (Lipinski definition) is 4. The van der Waals surface area contributed by atoms with E-state index < -0.39 is 6.03 Å². The highest BCUT2D eigenvalue weighted by Crippen LogP contribution is 2.29. The Morgan fingerprint density at radius 1 is 1.24 bits per heavy atom. The summed E-state index contributed by atoms with van der Waals surface area (Å²) in [5, 5.41) is 5.48. The zero-order chi connectivity index (χ0) is 14.6. The molecule has 21 heavy (non-hydrogen) atoms. The van der Waals surface area contributed by atoms with Gasteiger partial charge in [-0.3, -0.25) is 4.79 Å². The Balaban J connectivity index is 0.00000220. The number of anilines is 1. The molecule has 1 aromatic carbocycles. The smallest absolute Gasteiger partial charge is 0.316 e. The van der Waals surface area contributed by atoms with Gasteiger partial charge in [0.15, 0.2) is 0 Å². The molecule has 7 heteroatoms. The maximum absolute atomic E-state index is 12.3. The van der Waals surface area contributed by atoms with Gasteiger partial charge in [-0.2, -0.15) is 0 Å². The summed E-state index contributed by atoms with van der Waals surface area (Å²) in [4.78, 5) is 23.1. The normalized spacial score (nSPS) is 15.9. The fourth-order valence-electron chi connectivity index (χ4n) is 2.63. The molecule has 1 aliphatic carbocycles. The van der Waals surface area contributed by atoms with Crippen molar-refractivity contribution in [3.63, 3.8) is 0 Å². The van der Waals surface area contributed by atoms with Crippen LogP contribution in [0.4, 0.5) is 10.5 Å². The van der Waals surface area contributed by atoms with Gasteiger partial charge in [-0.05, 0) is 31.0 Å². The van der Waals surface area contributed by atoms with E-state index in [1.165, 1.54) is 0 Å². The summed E-state index contributed by atoms with van der Waals surface area (Å²) in [5.41, 5.74) is 11.6. The quantitative estimate of drug-likeness (QED) is 0.677. The van der Waals surface area contributed by atoms with Crippen LogP contribution in [0.2, 0.25) is 0 Å². The van der Waals surface area contributed by atoms with Crippen molar-refractivity contribution in [2.45, 2.75) is 31.2 Å². The van der Waals surface area contributed by atoms with Crippen LogP contribution >= 0.6 is 12.4 Å². The molecule has 1 aliphatic rings. The standard InChI is InChI=1S/C14H20N4O2.ClH/c15-9-14(6-1-2-7-14)18-12(19)10-4-3-5-11(8-10)17-13(16)20;/h3-5,8H,1-2,6-7,9,15H2,(H,18,19)(H3,16,17,20);1H. The third-order valence-electron chi connectivity index (χ3n) is 3.72. The first-order valence-corrected chi connectivity index (χ1v) is 6.74. The highest BCUT2D eigenvalue weighted by Gasteiger charge is 2.34. The number of urea groups is 1. The van der Waals surface area contributed by atoms with Gasteiger partial charge >= 0.3 is 6.03 Å². The number of nitrogens with one attached hydrogen (secondary N) is 2. The molecule has 0 bridgehead atoms. The van der Waals surface area contributed by atoms with Crippen LogP contribution in [0.3, 0.4) is 0 Å². The molecule has 2 rings (SSSR count). The molecule has 1 fully saturated rings. The van der Waals surface area contributed by atoms with Crippen molar-refractivity contribution in [3.8, 4) is 0 Å². The monoisotopic (exact) mass is 312 g/mol. The zero-order valence-corrected chi connectivity index (χ0v) is 12.5. The van der Waals surface area contributed by atoms with Crippen molar-refractivity contribution in [2.24, 2.45) is 11.5 Å². The summed E-state index contributed by atoms with van der Waals surface area (Å²) in [6.07, 6.45) is 3.99. The molecule has 0 aliphatic heterocycles. The predicted molar refractivity (Wildman–Crippen MR) is 84.6 cm³/mol. The van der Waals surface area contributed by atoms with Gasteiger partial charge in [0.1, 0.15) is 0 Å². The van der Waals surface area contributed by atoms with Crippen molar-refractivity contribution in [2.75, 3.05) is 11.9 Å². The highest BCUT2D eigenvalue weighted by molar-refractivity contribution is 5.97. The Morgan fingerprint density at radius 2 is 1.90 bits per heavy atom. The van der Waals surface area contributed by atoms with Crippen LogP contribution in [0.15, 0.2) is 24.3 Å². The Morgan fingerprint density at radius 3 is 2.48 bits per heavy atom. The van der Waals surface area contributed by atoms with E-state index >= 15 is 0 Å². The van der Waals surface area contributed by atoms with Gasteiger partial charge in [-0.25, -0.2) is 4.79 Å². The minimum absolute atomic E-state index is 0. The predicted octanol–water partition coefficient (Wildman–Crippen LogP) is 1.60. The molecule has 6 N–H and O–H groups in total. The number of rotatable bonds is 4. The van der Waals surface area contributed by atoms with Crippen LogP contribution in [0.5, 0.6) is 0 Å². The summed E-state index contributed by atoms with van der Waals surface area (Å²) < 4.78 is 0. The summed E-state index contributed by atoms with van der Waals surface area (Å²) in [7, 11) is 0. The van der Waals surface area contributed by atoms with E-state index in [1.807, 2.05) is 0 Å². The Labute approximate surface area is 130 Å². The molecule has 116 valence electrons. The third kappa shape index (κ3) is 4.34. The molecule has 6 nitrogen and oxygen atoms in total. The van der Waals surface area contributed by atoms with Gasteiger partial charge in [0.05, 0.1) is 5.54 Å². The average molecular weight is 313 g/mol. The Hall–Kier alpha value is -1.79. The Bertz CT molecular complexity index is 515. The van der Waals surface area contributed by atoms with Crippen molar-refractivity contribution >= 4 is 30.0 Å². The average Bonchev–Trinajstić information content (AvgIpc) is 2.87. The van der Waals surface area contributed by atoms with E-state index in [4.69, 9.17) is 11.5 Å². The topological polar surface area (TPSA) is 110 Å². The minimum atomic E-state index is -0.656. The second kappa shape index (κ2) is 7.28. The lowest BCUT2D eigenvalue weighted by atomic mass is 9.97. The molecule has 0 heterocycles. The number of hydrogen-bond acceptors (Lipinski definition) is 3. The lowest BCUT2D eigenvalue weighted by molar-refractivity contribution is 0.0903. The number of carbonyl (C=O) groups is 2. The Kier molecular flexibility index (Phi) is 5.99. The summed E-state index contributed by atoms with van der Waals surface area (Å²) in [5.74, 6) is -0.175. The second-order valence-corrected chi connectivity index (χ2v) is 5.22. The van der Waals surface area contributed by atoms with Crippen molar-refractivity contribution in [3.05, 3.63) is 29.8 Å². The molecule has 0 unspecified atom stereocenters. The van der Waals surface area contributed by atoms with Crippen LogP contribution in [0.25, 0.3) is 0 Å². The number of benzene rings is 1. The number of nitrogens with two attached hydrogens (primary N) is 2. The molecule has 0 radical (unpaired) electrons. The summed E-state index contributed by atoms with van der Waals surface area (Å²) >= 11 is 0. The molecular formula is C14H21ClN4O2. The summed E-state index contributed by atoms with van der Waals surface area (Å²) in [6.45, 7) is 0.442. The molecule has 0 aromatic heterocycles. The maximum Gasteiger partial charge on any atom is 0.316 e. The van der Waals surface area contributed by atoms with Crippen LogP contribution in [0.1, 0.15) is 36.0 Å². The minimum Gasteiger partial charge on any atom is -0.351 e. The maximum atomic E-state index is 12.3. The van der Waals surface area contributed by atoms with Crippen LogP contribution in [0, 0.1) is 0 Å². The summed E-state index contributed by atoms with van der Waals surface area (Å²) in [6, 6.07) is 6.01. The van der Waals surface area contributed by atoms with Crippen LogP contribution in [-0.2, 0) is 0 Å². The number of halogens is 1. The lowest BCUT2D eigenvalue weighted by Crippen LogP contribution is -2.51. The molecule has 3 amide bonds. The first-order chi connectivity index (χ1) is 9.54. The number of carbonyl (C=O) groups excluding carboxylic acids is 2.